The lowest BCUT2D eigenvalue weighted by Gasteiger charge is -2.03. The number of hydrogen-bond acceptors (Lipinski definition) is 4. The van der Waals surface area contributed by atoms with Crippen molar-refractivity contribution in [1.29, 1.82) is 5.26 Å². The summed E-state index contributed by atoms with van der Waals surface area (Å²) in [7, 11) is 0. The molecule has 0 unspecified atom stereocenters. The van der Waals surface area contributed by atoms with Crippen molar-refractivity contribution in [2.45, 2.75) is 26.7 Å². The smallest absolute Gasteiger partial charge is 0.145 e. The number of nitrogens with two attached hydrogens (primary N) is 1. The number of aryl methyl sites for hydroxylation is 2. The summed E-state index contributed by atoms with van der Waals surface area (Å²) >= 11 is 0. The average molecular weight is 176 g/mol. The number of nitriles is 1. The SMILES string of the molecule is CCCc1nc(C)c(C#N)c(N)n1. The summed E-state index contributed by atoms with van der Waals surface area (Å²) in [5.41, 5.74) is 6.64. The van der Waals surface area contributed by atoms with Gasteiger partial charge in [-0.2, -0.15) is 5.26 Å². The molecule has 0 bridgehead atoms. The highest BCUT2D eigenvalue weighted by molar-refractivity contribution is 5.50. The topological polar surface area (TPSA) is 75.6 Å². The zero-order valence-electron chi connectivity index (χ0n) is 7.83. The van der Waals surface area contributed by atoms with Gasteiger partial charge < -0.3 is 5.73 Å². The minimum atomic E-state index is 0.290. The highest BCUT2D eigenvalue weighted by Crippen LogP contribution is 2.11. The number of hydrogen-bond donors (Lipinski definition) is 1. The molecular formula is C9H12N4. The molecule has 0 aliphatic carbocycles. The van der Waals surface area contributed by atoms with Gasteiger partial charge in [0.15, 0.2) is 0 Å². The largest absolute Gasteiger partial charge is 0.382 e. The first kappa shape index (κ1) is 9.46. The zero-order valence-corrected chi connectivity index (χ0v) is 7.83. The van der Waals surface area contributed by atoms with E-state index in [9.17, 15) is 0 Å². The molecule has 0 saturated heterocycles. The van der Waals surface area contributed by atoms with Crippen molar-refractivity contribution in [2.75, 3.05) is 5.73 Å². The number of rotatable bonds is 2. The lowest BCUT2D eigenvalue weighted by molar-refractivity contribution is 0.826. The Labute approximate surface area is 77.4 Å². The molecule has 0 amide bonds. The normalized spacial score (nSPS) is 9.62. The molecule has 4 nitrogen and oxygen atoms in total. The highest BCUT2D eigenvalue weighted by Gasteiger charge is 2.07. The third kappa shape index (κ3) is 1.94. The number of anilines is 1. The van der Waals surface area contributed by atoms with Gasteiger partial charge in [0.2, 0.25) is 0 Å². The summed E-state index contributed by atoms with van der Waals surface area (Å²) in [6, 6.07) is 1.98. The van der Waals surface area contributed by atoms with Gasteiger partial charge in [-0.05, 0) is 13.3 Å². The Morgan fingerprint density at radius 3 is 2.62 bits per heavy atom. The van der Waals surface area contributed by atoms with Crippen molar-refractivity contribution in [3.63, 3.8) is 0 Å². The van der Waals surface area contributed by atoms with E-state index in [1.165, 1.54) is 0 Å². The van der Waals surface area contributed by atoms with Crippen LogP contribution in [0.4, 0.5) is 5.82 Å². The van der Waals surface area contributed by atoms with Gasteiger partial charge in [-0.15, -0.1) is 0 Å². The van der Waals surface area contributed by atoms with Crippen LogP contribution in [0.5, 0.6) is 0 Å². The quantitative estimate of drug-likeness (QED) is 0.734. The molecule has 2 N–H and O–H groups in total. The van der Waals surface area contributed by atoms with Gasteiger partial charge in [-0.25, -0.2) is 9.97 Å². The molecule has 68 valence electrons. The lowest BCUT2D eigenvalue weighted by Crippen LogP contribution is -2.05. The van der Waals surface area contributed by atoms with Crippen molar-refractivity contribution < 1.29 is 0 Å². The molecule has 1 heterocycles. The number of aromatic nitrogens is 2. The molecule has 0 aliphatic rings. The Kier molecular flexibility index (Phi) is 2.80. The third-order valence-corrected chi connectivity index (χ3v) is 1.75. The van der Waals surface area contributed by atoms with Crippen LogP contribution in [0.25, 0.3) is 0 Å². The molecule has 0 radical (unpaired) electrons. The molecule has 13 heavy (non-hydrogen) atoms. The van der Waals surface area contributed by atoms with Gasteiger partial charge in [-0.1, -0.05) is 6.92 Å². The summed E-state index contributed by atoms with van der Waals surface area (Å²) in [5.74, 6) is 1.01. The van der Waals surface area contributed by atoms with E-state index in [0.717, 1.165) is 18.7 Å². The van der Waals surface area contributed by atoms with Crippen molar-refractivity contribution >= 4 is 5.82 Å². The van der Waals surface area contributed by atoms with Crippen LogP contribution in [0.2, 0.25) is 0 Å². The van der Waals surface area contributed by atoms with E-state index in [4.69, 9.17) is 11.0 Å². The Morgan fingerprint density at radius 2 is 2.15 bits per heavy atom. The molecular weight excluding hydrogens is 164 g/mol. The molecule has 1 aromatic rings. The second-order valence-electron chi connectivity index (χ2n) is 2.85. The Morgan fingerprint density at radius 1 is 1.46 bits per heavy atom. The predicted molar refractivity (Wildman–Crippen MR) is 49.9 cm³/mol. The molecule has 0 atom stereocenters. The maximum atomic E-state index is 8.71. The zero-order chi connectivity index (χ0) is 9.84. The third-order valence-electron chi connectivity index (χ3n) is 1.75. The van der Waals surface area contributed by atoms with Gasteiger partial charge in [0.1, 0.15) is 23.3 Å². The van der Waals surface area contributed by atoms with Gasteiger partial charge in [-0.3, -0.25) is 0 Å². The number of nitrogens with zero attached hydrogens (tertiary/aromatic N) is 3. The summed E-state index contributed by atoms with van der Waals surface area (Å²) in [4.78, 5) is 8.22. The summed E-state index contributed by atoms with van der Waals surface area (Å²) in [6.45, 7) is 3.82. The molecule has 4 heteroatoms. The van der Waals surface area contributed by atoms with Crippen LogP contribution >= 0.6 is 0 Å². The standard InChI is InChI=1S/C9H12N4/c1-3-4-8-12-6(2)7(5-10)9(11)13-8/h3-4H2,1-2H3,(H2,11,12,13). The Hall–Kier alpha value is -1.63. The predicted octanol–water partition coefficient (Wildman–Crippen LogP) is 1.19. The first-order valence-corrected chi connectivity index (χ1v) is 4.22. The first-order chi connectivity index (χ1) is 6.19. The van der Waals surface area contributed by atoms with Crippen molar-refractivity contribution in [3.8, 4) is 6.07 Å². The van der Waals surface area contributed by atoms with Crippen LogP contribution in [0, 0.1) is 18.3 Å². The summed E-state index contributed by atoms with van der Waals surface area (Å²) < 4.78 is 0. The molecule has 0 aliphatic heterocycles. The first-order valence-electron chi connectivity index (χ1n) is 4.22. The van der Waals surface area contributed by atoms with Crippen LogP contribution in [0.15, 0.2) is 0 Å². The van der Waals surface area contributed by atoms with E-state index in [0.29, 0.717) is 17.1 Å². The molecule has 0 aromatic carbocycles. The molecule has 1 aromatic heterocycles. The van der Waals surface area contributed by atoms with E-state index in [2.05, 4.69) is 9.97 Å². The Bertz CT molecular complexity index is 328. The minimum Gasteiger partial charge on any atom is -0.382 e. The lowest BCUT2D eigenvalue weighted by atomic mass is 10.2. The molecule has 1 rings (SSSR count). The van der Waals surface area contributed by atoms with Gasteiger partial charge >= 0.3 is 0 Å². The van der Waals surface area contributed by atoms with Crippen molar-refractivity contribution in [1.82, 2.24) is 9.97 Å². The van der Waals surface area contributed by atoms with E-state index in [1.54, 1.807) is 6.92 Å². The van der Waals surface area contributed by atoms with E-state index in [1.807, 2.05) is 13.0 Å². The molecule has 0 spiro atoms. The Balaban J connectivity index is 3.14. The maximum absolute atomic E-state index is 8.71. The summed E-state index contributed by atoms with van der Waals surface area (Å²) in [6.07, 6.45) is 1.78. The van der Waals surface area contributed by atoms with Gasteiger partial charge in [0.05, 0.1) is 5.69 Å². The van der Waals surface area contributed by atoms with Gasteiger partial charge in [0.25, 0.3) is 0 Å². The van der Waals surface area contributed by atoms with Crippen LogP contribution in [-0.4, -0.2) is 9.97 Å². The van der Waals surface area contributed by atoms with Gasteiger partial charge in [0, 0.05) is 6.42 Å². The van der Waals surface area contributed by atoms with E-state index < -0.39 is 0 Å². The highest BCUT2D eigenvalue weighted by atomic mass is 14.9. The van der Waals surface area contributed by atoms with Crippen LogP contribution in [0.1, 0.15) is 30.4 Å². The van der Waals surface area contributed by atoms with Crippen molar-refractivity contribution in [2.24, 2.45) is 0 Å². The second kappa shape index (κ2) is 3.85. The van der Waals surface area contributed by atoms with Crippen LogP contribution in [-0.2, 0) is 6.42 Å². The van der Waals surface area contributed by atoms with Crippen LogP contribution < -0.4 is 5.73 Å². The summed E-state index contributed by atoms with van der Waals surface area (Å²) in [5, 5.41) is 8.71. The average Bonchev–Trinajstić information content (AvgIpc) is 2.04. The minimum absolute atomic E-state index is 0.290. The fourth-order valence-corrected chi connectivity index (χ4v) is 1.13. The monoisotopic (exact) mass is 176 g/mol. The molecule has 0 saturated carbocycles. The fraction of sp³-hybridized carbons (Fsp3) is 0.444. The maximum Gasteiger partial charge on any atom is 0.145 e. The molecule has 0 fully saturated rings. The fourth-order valence-electron chi connectivity index (χ4n) is 1.13. The second-order valence-corrected chi connectivity index (χ2v) is 2.85. The number of nitrogen functional groups attached to an aromatic ring is 1. The van der Waals surface area contributed by atoms with Crippen LogP contribution in [0.3, 0.4) is 0 Å². The van der Waals surface area contributed by atoms with Crippen molar-refractivity contribution in [3.05, 3.63) is 17.1 Å². The van der Waals surface area contributed by atoms with E-state index in [-0.39, 0.29) is 0 Å². The van der Waals surface area contributed by atoms with E-state index >= 15 is 0 Å².